The summed E-state index contributed by atoms with van der Waals surface area (Å²) in [7, 11) is 0. The Balaban J connectivity index is 1.52. The number of fused-ring (bicyclic) bond motifs is 1. The average molecular weight is 202 g/mol. The standard InChI is InChI=1S/C13H18N2/c14-13-8-12(13)9-15(10-13)7-6-11-4-2-1-3-5-11/h1-5,12H,6-10,14H2. The predicted octanol–water partition coefficient (Wildman–Crippen LogP) is 1.26. The summed E-state index contributed by atoms with van der Waals surface area (Å²) in [5, 5.41) is 0. The zero-order valence-electron chi connectivity index (χ0n) is 9.02. The van der Waals surface area contributed by atoms with Crippen LogP contribution < -0.4 is 5.73 Å². The molecule has 2 heteroatoms. The summed E-state index contributed by atoms with van der Waals surface area (Å²) >= 11 is 0. The molecule has 2 aliphatic rings. The van der Waals surface area contributed by atoms with Crippen LogP contribution in [0.4, 0.5) is 0 Å². The van der Waals surface area contributed by atoms with Crippen LogP contribution in [0.5, 0.6) is 0 Å². The summed E-state index contributed by atoms with van der Waals surface area (Å²) in [6.45, 7) is 3.51. The highest BCUT2D eigenvalue weighted by atomic mass is 15.2. The molecule has 0 radical (unpaired) electrons. The first-order valence-electron chi connectivity index (χ1n) is 5.81. The molecule has 2 nitrogen and oxygen atoms in total. The van der Waals surface area contributed by atoms with E-state index in [0.717, 1.165) is 18.9 Å². The van der Waals surface area contributed by atoms with Crippen molar-refractivity contribution in [3.05, 3.63) is 35.9 Å². The van der Waals surface area contributed by atoms with E-state index in [2.05, 4.69) is 35.2 Å². The Morgan fingerprint density at radius 1 is 1.33 bits per heavy atom. The number of nitrogens with zero attached hydrogens (tertiary/aromatic N) is 1. The highest BCUT2D eigenvalue weighted by molar-refractivity contribution is 5.17. The van der Waals surface area contributed by atoms with E-state index in [-0.39, 0.29) is 5.54 Å². The van der Waals surface area contributed by atoms with Crippen molar-refractivity contribution in [1.29, 1.82) is 0 Å². The Morgan fingerprint density at radius 2 is 2.13 bits per heavy atom. The molecule has 80 valence electrons. The van der Waals surface area contributed by atoms with Gasteiger partial charge in [0.05, 0.1) is 0 Å². The maximum absolute atomic E-state index is 6.17. The molecule has 1 aliphatic carbocycles. The average Bonchev–Trinajstić information content (AvgIpc) is 2.76. The molecule has 2 fully saturated rings. The number of rotatable bonds is 3. The zero-order chi connectivity index (χ0) is 10.3. The third-order valence-corrected chi connectivity index (χ3v) is 3.84. The zero-order valence-corrected chi connectivity index (χ0v) is 9.02. The SMILES string of the molecule is NC12CC1CN(CCc1ccccc1)C2. The molecule has 1 saturated carbocycles. The lowest BCUT2D eigenvalue weighted by molar-refractivity contribution is 0.302. The van der Waals surface area contributed by atoms with Gasteiger partial charge in [-0.05, 0) is 24.3 Å². The second kappa shape index (κ2) is 3.32. The van der Waals surface area contributed by atoms with Gasteiger partial charge < -0.3 is 10.6 Å². The van der Waals surface area contributed by atoms with Crippen LogP contribution in [0.1, 0.15) is 12.0 Å². The van der Waals surface area contributed by atoms with Crippen LogP contribution in [0.3, 0.4) is 0 Å². The van der Waals surface area contributed by atoms with Gasteiger partial charge in [-0.25, -0.2) is 0 Å². The van der Waals surface area contributed by atoms with Gasteiger partial charge in [-0.3, -0.25) is 0 Å². The molecular formula is C13H18N2. The number of likely N-dealkylation sites (tertiary alicyclic amines) is 1. The second-order valence-corrected chi connectivity index (χ2v) is 5.10. The van der Waals surface area contributed by atoms with Crippen LogP contribution in [0.2, 0.25) is 0 Å². The number of hydrogen-bond donors (Lipinski definition) is 1. The number of benzene rings is 1. The van der Waals surface area contributed by atoms with Crippen molar-refractivity contribution in [3.8, 4) is 0 Å². The molecule has 1 heterocycles. The number of piperidine rings is 1. The Kier molecular flexibility index (Phi) is 2.08. The molecule has 15 heavy (non-hydrogen) atoms. The van der Waals surface area contributed by atoms with Crippen LogP contribution in [-0.4, -0.2) is 30.1 Å². The molecule has 2 N–H and O–H groups in total. The van der Waals surface area contributed by atoms with Gasteiger partial charge in [-0.1, -0.05) is 30.3 Å². The van der Waals surface area contributed by atoms with Crippen LogP contribution in [0, 0.1) is 5.92 Å². The molecule has 1 aliphatic heterocycles. The first kappa shape index (κ1) is 9.37. The highest BCUT2D eigenvalue weighted by Crippen LogP contribution is 2.46. The summed E-state index contributed by atoms with van der Waals surface area (Å²) in [5.74, 6) is 0.799. The maximum atomic E-state index is 6.17. The van der Waals surface area contributed by atoms with E-state index in [1.54, 1.807) is 0 Å². The van der Waals surface area contributed by atoms with Gasteiger partial charge in [-0.2, -0.15) is 0 Å². The number of hydrogen-bond acceptors (Lipinski definition) is 2. The molecule has 0 spiro atoms. The monoisotopic (exact) mass is 202 g/mol. The Morgan fingerprint density at radius 3 is 2.80 bits per heavy atom. The van der Waals surface area contributed by atoms with E-state index in [9.17, 15) is 0 Å². The predicted molar refractivity (Wildman–Crippen MR) is 61.6 cm³/mol. The molecule has 1 aromatic rings. The summed E-state index contributed by atoms with van der Waals surface area (Å²) < 4.78 is 0. The van der Waals surface area contributed by atoms with Gasteiger partial charge in [0.25, 0.3) is 0 Å². The van der Waals surface area contributed by atoms with Gasteiger partial charge in [0.1, 0.15) is 0 Å². The first-order valence-corrected chi connectivity index (χ1v) is 5.81. The van der Waals surface area contributed by atoms with E-state index in [4.69, 9.17) is 5.73 Å². The van der Waals surface area contributed by atoms with E-state index in [0.29, 0.717) is 0 Å². The summed E-state index contributed by atoms with van der Waals surface area (Å²) in [6, 6.07) is 10.7. The summed E-state index contributed by atoms with van der Waals surface area (Å²) in [5.41, 5.74) is 7.81. The summed E-state index contributed by atoms with van der Waals surface area (Å²) in [6.07, 6.45) is 2.42. The lowest BCUT2D eigenvalue weighted by Crippen LogP contribution is -2.34. The van der Waals surface area contributed by atoms with Crippen molar-refractivity contribution in [2.75, 3.05) is 19.6 Å². The number of nitrogens with two attached hydrogens (primary N) is 1. The van der Waals surface area contributed by atoms with Crippen molar-refractivity contribution >= 4 is 0 Å². The van der Waals surface area contributed by atoms with Gasteiger partial charge in [-0.15, -0.1) is 0 Å². The van der Waals surface area contributed by atoms with E-state index >= 15 is 0 Å². The van der Waals surface area contributed by atoms with Gasteiger partial charge in [0.2, 0.25) is 0 Å². The normalized spacial score (nSPS) is 34.1. The van der Waals surface area contributed by atoms with Crippen LogP contribution in [0.15, 0.2) is 30.3 Å². The third-order valence-electron chi connectivity index (χ3n) is 3.84. The smallest absolute Gasteiger partial charge is 0.0328 e. The van der Waals surface area contributed by atoms with Crippen molar-refractivity contribution in [1.82, 2.24) is 4.90 Å². The molecular weight excluding hydrogens is 184 g/mol. The van der Waals surface area contributed by atoms with Crippen molar-refractivity contribution in [2.24, 2.45) is 11.7 Å². The van der Waals surface area contributed by atoms with Crippen molar-refractivity contribution in [2.45, 2.75) is 18.4 Å². The third kappa shape index (κ3) is 1.80. The molecule has 1 aromatic carbocycles. The van der Waals surface area contributed by atoms with Gasteiger partial charge >= 0.3 is 0 Å². The van der Waals surface area contributed by atoms with Crippen LogP contribution in [0.25, 0.3) is 0 Å². The fourth-order valence-corrected chi connectivity index (χ4v) is 2.73. The Bertz CT molecular complexity index is 349. The quantitative estimate of drug-likeness (QED) is 0.799. The maximum Gasteiger partial charge on any atom is 0.0328 e. The summed E-state index contributed by atoms with van der Waals surface area (Å²) in [4.78, 5) is 2.52. The molecule has 2 atom stereocenters. The van der Waals surface area contributed by atoms with Crippen LogP contribution >= 0.6 is 0 Å². The van der Waals surface area contributed by atoms with E-state index < -0.39 is 0 Å². The minimum absolute atomic E-state index is 0.205. The van der Waals surface area contributed by atoms with Crippen LogP contribution in [-0.2, 0) is 6.42 Å². The van der Waals surface area contributed by atoms with Gasteiger partial charge in [0, 0.05) is 25.2 Å². The minimum Gasteiger partial charge on any atom is -0.324 e. The fourth-order valence-electron chi connectivity index (χ4n) is 2.73. The topological polar surface area (TPSA) is 29.3 Å². The molecule has 0 amide bonds. The van der Waals surface area contributed by atoms with E-state index in [1.165, 1.54) is 25.1 Å². The fraction of sp³-hybridized carbons (Fsp3) is 0.538. The molecule has 0 bridgehead atoms. The highest BCUT2D eigenvalue weighted by Gasteiger charge is 2.56. The first-order chi connectivity index (χ1) is 7.26. The molecule has 2 unspecified atom stereocenters. The molecule has 1 saturated heterocycles. The lowest BCUT2D eigenvalue weighted by atomic mass is 10.1. The largest absolute Gasteiger partial charge is 0.324 e. The molecule has 0 aromatic heterocycles. The van der Waals surface area contributed by atoms with E-state index in [1.807, 2.05) is 0 Å². The Hall–Kier alpha value is -0.860. The minimum atomic E-state index is 0.205. The second-order valence-electron chi connectivity index (χ2n) is 5.10. The van der Waals surface area contributed by atoms with Crippen molar-refractivity contribution < 1.29 is 0 Å². The van der Waals surface area contributed by atoms with Crippen molar-refractivity contribution in [3.63, 3.8) is 0 Å². The lowest BCUT2D eigenvalue weighted by Gasteiger charge is -2.18. The molecule has 3 rings (SSSR count). The Labute approximate surface area is 91.1 Å². The van der Waals surface area contributed by atoms with Gasteiger partial charge in [0.15, 0.2) is 0 Å².